The number of carbonyl (C=O) groups excluding carboxylic acids is 3. The number of nitrogens with one attached hydrogen (secondary N) is 2. The van der Waals surface area contributed by atoms with Gasteiger partial charge in [-0.15, -0.1) is 0 Å². The van der Waals surface area contributed by atoms with Gasteiger partial charge in [0.1, 0.15) is 0 Å². The number of benzene rings is 1. The molecule has 0 spiro atoms. The maximum atomic E-state index is 12.4. The van der Waals surface area contributed by atoms with E-state index >= 15 is 0 Å². The molecule has 24 heavy (non-hydrogen) atoms. The lowest BCUT2D eigenvalue weighted by atomic mass is 10.1. The first kappa shape index (κ1) is 17.7. The fourth-order valence-electron chi connectivity index (χ4n) is 2.48. The molecular weight excluding hydrogens is 306 g/mol. The molecule has 6 heteroatoms. The van der Waals surface area contributed by atoms with E-state index in [1.807, 2.05) is 25.1 Å². The van der Waals surface area contributed by atoms with Gasteiger partial charge in [-0.05, 0) is 31.0 Å². The number of nitrogens with zero attached hydrogens (tertiary/aromatic N) is 1. The lowest BCUT2D eigenvalue weighted by Gasteiger charge is -2.26. The van der Waals surface area contributed by atoms with Crippen molar-refractivity contribution in [3.8, 4) is 0 Å². The molecule has 0 radical (unpaired) electrons. The van der Waals surface area contributed by atoms with E-state index in [0.717, 1.165) is 12.0 Å². The van der Waals surface area contributed by atoms with Crippen molar-refractivity contribution in [2.75, 3.05) is 19.6 Å². The van der Waals surface area contributed by atoms with Gasteiger partial charge in [-0.1, -0.05) is 25.1 Å². The normalized spacial score (nSPS) is 15.0. The van der Waals surface area contributed by atoms with Crippen LogP contribution >= 0.6 is 0 Å². The van der Waals surface area contributed by atoms with Crippen LogP contribution in [0.3, 0.4) is 0 Å². The Labute approximate surface area is 141 Å². The molecule has 1 aliphatic heterocycles. The third-order valence-electron chi connectivity index (χ3n) is 3.85. The van der Waals surface area contributed by atoms with Crippen LogP contribution in [0.25, 0.3) is 0 Å². The van der Waals surface area contributed by atoms with Gasteiger partial charge >= 0.3 is 0 Å². The molecule has 6 nitrogen and oxygen atoms in total. The van der Waals surface area contributed by atoms with Gasteiger partial charge in [-0.3, -0.25) is 14.4 Å². The summed E-state index contributed by atoms with van der Waals surface area (Å²) >= 11 is 0. The van der Waals surface area contributed by atoms with Gasteiger partial charge in [-0.25, -0.2) is 0 Å². The van der Waals surface area contributed by atoms with Crippen molar-refractivity contribution in [3.05, 3.63) is 47.0 Å². The number of piperazine rings is 1. The molecule has 1 aromatic rings. The Morgan fingerprint density at radius 2 is 2.00 bits per heavy atom. The van der Waals surface area contributed by atoms with Crippen molar-refractivity contribution >= 4 is 17.7 Å². The van der Waals surface area contributed by atoms with Gasteiger partial charge < -0.3 is 15.5 Å². The quantitative estimate of drug-likeness (QED) is 0.798. The summed E-state index contributed by atoms with van der Waals surface area (Å²) in [5.41, 5.74) is 2.16. The van der Waals surface area contributed by atoms with Crippen molar-refractivity contribution in [1.82, 2.24) is 15.5 Å². The topological polar surface area (TPSA) is 78.5 Å². The fraction of sp³-hybridized carbons (Fsp3) is 0.389. The molecule has 1 fully saturated rings. The number of hydrogen-bond donors (Lipinski definition) is 2. The first-order chi connectivity index (χ1) is 11.5. The molecule has 0 bridgehead atoms. The van der Waals surface area contributed by atoms with E-state index in [-0.39, 0.29) is 24.3 Å². The van der Waals surface area contributed by atoms with E-state index in [9.17, 15) is 14.4 Å². The lowest BCUT2D eigenvalue weighted by Crippen LogP contribution is -2.49. The van der Waals surface area contributed by atoms with E-state index < -0.39 is 0 Å². The predicted molar refractivity (Wildman–Crippen MR) is 91.2 cm³/mol. The number of carbonyl (C=O) groups is 3. The molecular formula is C18H23N3O3. The van der Waals surface area contributed by atoms with E-state index in [1.54, 1.807) is 19.1 Å². The molecule has 2 rings (SSSR count). The summed E-state index contributed by atoms with van der Waals surface area (Å²) < 4.78 is 0. The first-order valence-corrected chi connectivity index (χ1v) is 8.11. The van der Waals surface area contributed by atoms with Crippen LogP contribution in [-0.2, 0) is 16.1 Å². The van der Waals surface area contributed by atoms with Crippen molar-refractivity contribution in [2.24, 2.45) is 0 Å². The van der Waals surface area contributed by atoms with Gasteiger partial charge in [0, 0.05) is 30.8 Å². The van der Waals surface area contributed by atoms with E-state index in [2.05, 4.69) is 10.6 Å². The SMILES string of the molecule is CCC=C(C)C(=O)NCc1ccc(C(=O)N2CCNC(=O)C2)cc1. The van der Waals surface area contributed by atoms with E-state index in [0.29, 0.717) is 30.8 Å². The smallest absolute Gasteiger partial charge is 0.254 e. The monoisotopic (exact) mass is 329 g/mol. The summed E-state index contributed by atoms with van der Waals surface area (Å²) in [5.74, 6) is -0.372. The zero-order valence-corrected chi connectivity index (χ0v) is 14.1. The summed E-state index contributed by atoms with van der Waals surface area (Å²) in [6.07, 6.45) is 2.70. The Morgan fingerprint density at radius 3 is 2.62 bits per heavy atom. The summed E-state index contributed by atoms with van der Waals surface area (Å²) in [5, 5.41) is 5.54. The van der Waals surface area contributed by atoms with Crippen LogP contribution in [0.15, 0.2) is 35.9 Å². The molecule has 1 heterocycles. The first-order valence-electron chi connectivity index (χ1n) is 8.11. The van der Waals surface area contributed by atoms with Crippen LogP contribution in [0.4, 0.5) is 0 Å². The second-order valence-corrected chi connectivity index (χ2v) is 5.75. The highest BCUT2D eigenvalue weighted by Crippen LogP contribution is 2.09. The lowest BCUT2D eigenvalue weighted by molar-refractivity contribution is -0.123. The van der Waals surface area contributed by atoms with Gasteiger partial charge in [0.15, 0.2) is 0 Å². The molecule has 2 N–H and O–H groups in total. The molecule has 1 saturated heterocycles. The maximum absolute atomic E-state index is 12.4. The number of hydrogen-bond acceptors (Lipinski definition) is 3. The van der Waals surface area contributed by atoms with Crippen molar-refractivity contribution < 1.29 is 14.4 Å². The molecule has 3 amide bonds. The predicted octanol–water partition coefficient (Wildman–Crippen LogP) is 1.23. The van der Waals surface area contributed by atoms with Crippen LogP contribution in [0.2, 0.25) is 0 Å². The highest BCUT2D eigenvalue weighted by Gasteiger charge is 2.22. The molecule has 1 aliphatic rings. The Balaban J connectivity index is 1.93. The summed E-state index contributed by atoms with van der Waals surface area (Å²) in [4.78, 5) is 37.1. The number of amides is 3. The summed E-state index contributed by atoms with van der Waals surface area (Å²) in [6, 6.07) is 7.09. The average Bonchev–Trinajstić information content (AvgIpc) is 2.59. The Bertz CT molecular complexity index is 650. The van der Waals surface area contributed by atoms with Crippen LogP contribution in [0.5, 0.6) is 0 Å². The molecule has 0 atom stereocenters. The standard InChI is InChI=1S/C18H23N3O3/c1-3-4-13(2)17(23)20-11-14-5-7-15(8-6-14)18(24)21-10-9-19-16(22)12-21/h4-8H,3,9-12H2,1-2H3,(H,19,22)(H,20,23). The van der Waals surface area contributed by atoms with Gasteiger partial charge in [0.05, 0.1) is 6.54 Å². The molecule has 0 saturated carbocycles. The summed E-state index contributed by atoms with van der Waals surface area (Å²) in [6.45, 7) is 5.28. The van der Waals surface area contributed by atoms with Gasteiger partial charge in [0.25, 0.3) is 5.91 Å². The van der Waals surface area contributed by atoms with Crippen LogP contribution in [-0.4, -0.2) is 42.3 Å². The van der Waals surface area contributed by atoms with E-state index in [1.165, 1.54) is 4.90 Å². The molecule has 0 aliphatic carbocycles. The van der Waals surface area contributed by atoms with Gasteiger partial charge in [-0.2, -0.15) is 0 Å². The Morgan fingerprint density at radius 1 is 1.29 bits per heavy atom. The minimum absolute atomic E-state index is 0.0867. The number of rotatable bonds is 5. The van der Waals surface area contributed by atoms with Crippen LogP contribution in [0.1, 0.15) is 36.2 Å². The Hall–Kier alpha value is -2.63. The molecule has 1 aromatic carbocycles. The van der Waals surface area contributed by atoms with Gasteiger partial charge in [0.2, 0.25) is 11.8 Å². The largest absolute Gasteiger partial charge is 0.353 e. The third kappa shape index (κ3) is 4.68. The highest BCUT2D eigenvalue weighted by molar-refractivity contribution is 5.97. The third-order valence-corrected chi connectivity index (χ3v) is 3.85. The minimum Gasteiger partial charge on any atom is -0.353 e. The zero-order valence-electron chi connectivity index (χ0n) is 14.1. The fourth-order valence-corrected chi connectivity index (χ4v) is 2.48. The maximum Gasteiger partial charge on any atom is 0.254 e. The van der Waals surface area contributed by atoms with Crippen molar-refractivity contribution in [2.45, 2.75) is 26.8 Å². The Kier molecular flexibility index (Phi) is 6.12. The summed E-state index contributed by atoms with van der Waals surface area (Å²) in [7, 11) is 0. The molecule has 128 valence electrons. The van der Waals surface area contributed by atoms with E-state index in [4.69, 9.17) is 0 Å². The zero-order chi connectivity index (χ0) is 17.5. The second-order valence-electron chi connectivity index (χ2n) is 5.75. The van der Waals surface area contributed by atoms with Crippen molar-refractivity contribution in [1.29, 1.82) is 0 Å². The van der Waals surface area contributed by atoms with Crippen molar-refractivity contribution in [3.63, 3.8) is 0 Å². The number of allylic oxidation sites excluding steroid dienone is 1. The highest BCUT2D eigenvalue weighted by atomic mass is 16.2. The van der Waals surface area contributed by atoms with Crippen LogP contribution in [0, 0.1) is 0 Å². The molecule has 0 unspecified atom stereocenters. The second kappa shape index (κ2) is 8.29. The minimum atomic E-state index is -0.151. The van der Waals surface area contributed by atoms with Crippen LogP contribution < -0.4 is 10.6 Å². The molecule has 0 aromatic heterocycles. The average molecular weight is 329 g/mol.